The average molecular weight is 367 g/mol. The maximum Gasteiger partial charge on any atom is 0.282 e. The van der Waals surface area contributed by atoms with Gasteiger partial charge in [-0.3, -0.25) is 20.0 Å². The first kappa shape index (κ1) is 16.4. The fourth-order valence-corrected chi connectivity index (χ4v) is 3.02. The third kappa shape index (κ3) is 3.07. The molecule has 0 aliphatic carbocycles. The van der Waals surface area contributed by atoms with Gasteiger partial charge in [0.25, 0.3) is 11.8 Å². The summed E-state index contributed by atoms with van der Waals surface area (Å²) in [6.45, 7) is 0.742. The summed E-state index contributed by atoms with van der Waals surface area (Å²) in [6, 6.07) is 16.4. The van der Waals surface area contributed by atoms with Gasteiger partial charge in [0.1, 0.15) is 10.7 Å². The Labute approximate surface area is 155 Å². The van der Waals surface area contributed by atoms with E-state index in [-0.39, 0.29) is 11.5 Å². The largest absolute Gasteiger partial charge is 0.282 e. The van der Waals surface area contributed by atoms with Crippen molar-refractivity contribution >= 4 is 46.0 Å². The summed E-state index contributed by atoms with van der Waals surface area (Å²) in [6.07, 6.45) is 2.32. The van der Waals surface area contributed by atoms with Gasteiger partial charge in [0, 0.05) is 13.0 Å². The lowest BCUT2D eigenvalue weighted by Gasteiger charge is -2.14. The number of hydrogen-bond donors (Lipinski definition) is 1. The van der Waals surface area contributed by atoms with Crippen molar-refractivity contribution in [2.75, 3.05) is 16.6 Å². The minimum Gasteiger partial charge on any atom is -0.267 e. The van der Waals surface area contributed by atoms with Gasteiger partial charge in [0.15, 0.2) is 0 Å². The van der Waals surface area contributed by atoms with Crippen LogP contribution >= 0.6 is 11.6 Å². The Kier molecular flexibility index (Phi) is 4.18. The molecule has 1 N–H and O–H groups in total. The predicted molar refractivity (Wildman–Crippen MR) is 102 cm³/mol. The average Bonchev–Trinajstić information content (AvgIpc) is 3.21. The molecule has 1 fully saturated rings. The van der Waals surface area contributed by atoms with Crippen molar-refractivity contribution in [3.63, 3.8) is 0 Å². The van der Waals surface area contributed by atoms with E-state index in [9.17, 15) is 9.59 Å². The molecule has 4 rings (SSSR count). The highest BCUT2D eigenvalue weighted by atomic mass is 35.5. The molecular weight excluding hydrogens is 352 g/mol. The Hall–Kier alpha value is -3.12. The Bertz CT molecular complexity index is 922. The molecule has 130 valence electrons. The van der Waals surface area contributed by atoms with Crippen LogP contribution in [0, 0.1) is 0 Å². The molecule has 2 aromatic rings. The highest BCUT2D eigenvalue weighted by Crippen LogP contribution is 2.24. The SMILES string of the molecule is O=C1NN(c2ccccc2)C(=O)C1=Cc1ccc(N2CCC(Cl)=N2)cc1. The molecular formula is C19H15ClN4O2. The fourth-order valence-electron chi connectivity index (χ4n) is 2.84. The monoisotopic (exact) mass is 366 g/mol. The zero-order valence-electron chi connectivity index (χ0n) is 13.7. The van der Waals surface area contributed by atoms with E-state index in [2.05, 4.69) is 10.5 Å². The molecule has 2 aliphatic rings. The molecule has 7 heteroatoms. The molecule has 0 saturated carbocycles. The topological polar surface area (TPSA) is 65.0 Å². The lowest BCUT2D eigenvalue weighted by Crippen LogP contribution is -2.35. The number of nitrogens with one attached hydrogen (secondary N) is 1. The van der Waals surface area contributed by atoms with Crippen LogP contribution in [0.1, 0.15) is 12.0 Å². The zero-order valence-corrected chi connectivity index (χ0v) is 14.5. The van der Waals surface area contributed by atoms with Gasteiger partial charge in [-0.05, 0) is 35.9 Å². The van der Waals surface area contributed by atoms with E-state index in [0.717, 1.165) is 24.2 Å². The fraction of sp³-hybridized carbons (Fsp3) is 0.105. The van der Waals surface area contributed by atoms with Crippen LogP contribution in [0.5, 0.6) is 0 Å². The van der Waals surface area contributed by atoms with E-state index in [4.69, 9.17) is 11.6 Å². The summed E-state index contributed by atoms with van der Waals surface area (Å²) in [5, 5.41) is 7.90. The van der Waals surface area contributed by atoms with Crippen LogP contribution in [0.25, 0.3) is 6.08 Å². The van der Waals surface area contributed by atoms with Crippen LogP contribution in [0.4, 0.5) is 11.4 Å². The lowest BCUT2D eigenvalue weighted by atomic mass is 10.1. The van der Waals surface area contributed by atoms with Gasteiger partial charge in [0.2, 0.25) is 0 Å². The molecule has 6 nitrogen and oxygen atoms in total. The van der Waals surface area contributed by atoms with Gasteiger partial charge in [-0.15, -0.1) is 0 Å². The molecule has 0 atom stereocenters. The van der Waals surface area contributed by atoms with Crippen molar-refractivity contribution in [3.05, 3.63) is 65.7 Å². The van der Waals surface area contributed by atoms with Gasteiger partial charge < -0.3 is 0 Å². The molecule has 26 heavy (non-hydrogen) atoms. The summed E-state index contributed by atoms with van der Waals surface area (Å²) in [7, 11) is 0. The number of para-hydroxylation sites is 1. The molecule has 0 aromatic heterocycles. The zero-order chi connectivity index (χ0) is 18.1. The first-order chi connectivity index (χ1) is 12.6. The van der Waals surface area contributed by atoms with Gasteiger partial charge in [0.05, 0.1) is 11.4 Å². The number of halogens is 1. The number of rotatable bonds is 3. The first-order valence-electron chi connectivity index (χ1n) is 8.14. The maximum absolute atomic E-state index is 12.6. The van der Waals surface area contributed by atoms with Crippen LogP contribution in [0.15, 0.2) is 65.3 Å². The summed E-state index contributed by atoms with van der Waals surface area (Å²) in [5.74, 6) is -0.792. The molecule has 0 spiro atoms. The molecule has 0 bridgehead atoms. The van der Waals surface area contributed by atoms with E-state index in [1.807, 2.05) is 47.5 Å². The lowest BCUT2D eigenvalue weighted by molar-refractivity contribution is -0.117. The molecule has 2 aliphatic heterocycles. The van der Waals surface area contributed by atoms with Gasteiger partial charge in [-0.1, -0.05) is 41.9 Å². The van der Waals surface area contributed by atoms with Crippen molar-refractivity contribution in [1.29, 1.82) is 0 Å². The smallest absolute Gasteiger partial charge is 0.267 e. The minimum absolute atomic E-state index is 0.101. The van der Waals surface area contributed by atoms with E-state index < -0.39 is 5.91 Å². The summed E-state index contributed by atoms with van der Waals surface area (Å²) in [4.78, 5) is 24.8. The number of hydrazone groups is 1. The summed E-state index contributed by atoms with van der Waals surface area (Å²) >= 11 is 5.91. The third-order valence-electron chi connectivity index (χ3n) is 4.17. The van der Waals surface area contributed by atoms with Gasteiger partial charge in [-0.25, -0.2) is 5.01 Å². The van der Waals surface area contributed by atoms with Crippen LogP contribution < -0.4 is 15.4 Å². The van der Waals surface area contributed by atoms with Gasteiger partial charge >= 0.3 is 0 Å². The molecule has 2 aromatic carbocycles. The number of carbonyl (C=O) groups excluding carboxylic acids is 2. The highest BCUT2D eigenvalue weighted by Gasteiger charge is 2.34. The molecule has 2 amide bonds. The maximum atomic E-state index is 12.6. The second kappa shape index (κ2) is 6.65. The van der Waals surface area contributed by atoms with Crippen molar-refractivity contribution in [3.8, 4) is 0 Å². The van der Waals surface area contributed by atoms with Gasteiger partial charge in [-0.2, -0.15) is 5.10 Å². The first-order valence-corrected chi connectivity index (χ1v) is 8.52. The van der Waals surface area contributed by atoms with E-state index in [0.29, 0.717) is 10.9 Å². The second-order valence-corrected chi connectivity index (χ2v) is 6.35. The van der Waals surface area contributed by atoms with E-state index in [1.165, 1.54) is 5.01 Å². The molecule has 1 saturated heterocycles. The Morgan fingerprint density at radius 2 is 1.73 bits per heavy atom. The van der Waals surface area contributed by atoms with Crippen LogP contribution in [0.3, 0.4) is 0 Å². The molecule has 2 heterocycles. The van der Waals surface area contributed by atoms with Crippen LogP contribution in [-0.4, -0.2) is 23.5 Å². The number of anilines is 2. The number of carbonyl (C=O) groups is 2. The van der Waals surface area contributed by atoms with Crippen molar-refractivity contribution in [1.82, 2.24) is 5.43 Å². The molecule has 0 unspecified atom stereocenters. The number of hydrazine groups is 1. The van der Waals surface area contributed by atoms with Crippen LogP contribution in [-0.2, 0) is 9.59 Å². The molecule has 0 radical (unpaired) electrons. The predicted octanol–water partition coefficient (Wildman–Crippen LogP) is 2.91. The van der Waals surface area contributed by atoms with Crippen molar-refractivity contribution < 1.29 is 9.59 Å². The van der Waals surface area contributed by atoms with E-state index >= 15 is 0 Å². The second-order valence-electron chi connectivity index (χ2n) is 5.92. The Balaban J connectivity index is 1.56. The summed E-state index contributed by atoms with van der Waals surface area (Å²) in [5.41, 5.74) is 4.98. The number of benzene rings is 2. The highest BCUT2D eigenvalue weighted by molar-refractivity contribution is 6.65. The number of hydrogen-bond acceptors (Lipinski definition) is 4. The van der Waals surface area contributed by atoms with Crippen LogP contribution in [0.2, 0.25) is 0 Å². The number of amides is 2. The normalized spacial score (nSPS) is 18.5. The summed E-state index contributed by atoms with van der Waals surface area (Å²) < 4.78 is 0. The quantitative estimate of drug-likeness (QED) is 0.671. The van der Waals surface area contributed by atoms with Crippen molar-refractivity contribution in [2.24, 2.45) is 5.10 Å². The number of nitrogens with zero attached hydrogens (tertiary/aromatic N) is 3. The Morgan fingerprint density at radius 1 is 1.00 bits per heavy atom. The Morgan fingerprint density at radius 3 is 2.38 bits per heavy atom. The van der Waals surface area contributed by atoms with E-state index in [1.54, 1.807) is 18.2 Å². The minimum atomic E-state index is -0.418. The third-order valence-corrected chi connectivity index (χ3v) is 4.43. The van der Waals surface area contributed by atoms with Crippen molar-refractivity contribution in [2.45, 2.75) is 6.42 Å². The standard InChI is InChI=1S/C19H15ClN4O2/c20-17-10-11-23(21-17)14-8-6-13(7-9-14)12-16-18(25)22-24(19(16)26)15-4-2-1-3-5-15/h1-9,12H,10-11H2,(H,22,25).